The van der Waals surface area contributed by atoms with E-state index in [1.807, 2.05) is 37.3 Å². The molecule has 0 aliphatic carbocycles. The van der Waals surface area contributed by atoms with E-state index < -0.39 is 0 Å². The van der Waals surface area contributed by atoms with Crippen molar-refractivity contribution >= 4 is 5.78 Å². The Morgan fingerprint density at radius 2 is 1.93 bits per heavy atom. The molecule has 0 aliphatic rings. The van der Waals surface area contributed by atoms with E-state index >= 15 is 0 Å². The number of hydrogen-bond donors (Lipinski definition) is 0. The molecule has 1 aromatic carbocycles. The maximum Gasteiger partial charge on any atom is 0.173 e. The van der Waals surface area contributed by atoms with Gasteiger partial charge in [-0.25, -0.2) is 0 Å². The molecule has 2 rings (SSSR count). The minimum absolute atomic E-state index is 0.0925. The smallest absolute Gasteiger partial charge is 0.173 e. The Kier molecular flexibility index (Phi) is 2.68. The van der Waals surface area contributed by atoms with Gasteiger partial charge >= 0.3 is 0 Å². The molecule has 0 amide bonds. The largest absolute Gasteiger partial charge is 0.472 e. The molecule has 1 atom stereocenters. The van der Waals surface area contributed by atoms with Gasteiger partial charge in [-0.3, -0.25) is 4.79 Å². The van der Waals surface area contributed by atoms with Gasteiger partial charge in [-0.05, 0) is 11.6 Å². The summed E-state index contributed by atoms with van der Waals surface area (Å²) in [5.41, 5.74) is 1.66. The number of hydrogen-bond acceptors (Lipinski definition) is 2. The third-order valence-electron chi connectivity index (χ3n) is 2.50. The summed E-state index contributed by atoms with van der Waals surface area (Å²) in [7, 11) is 0. The molecule has 15 heavy (non-hydrogen) atoms. The van der Waals surface area contributed by atoms with Crippen LogP contribution in [0.2, 0.25) is 0 Å². The fourth-order valence-electron chi connectivity index (χ4n) is 1.55. The van der Waals surface area contributed by atoms with E-state index in [-0.39, 0.29) is 11.7 Å². The zero-order chi connectivity index (χ0) is 10.7. The second kappa shape index (κ2) is 4.13. The Bertz CT molecular complexity index is 429. The van der Waals surface area contributed by atoms with Gasteiger partial charge in [0.25, 0.3) is 0 Å². The van der Waals surface area contributed by atoms with Gasteiger partial charge in [0.2, 0.25) is 0 Å². The first-order valence-electron chi connectivity index (χ1n) is 4.90. The second-order valence-electron chi connectivity index (χ2n) is 3.51. The van der Waals surface area contributed by atoms with Crippen molar-refractivity contribution in [3.8, 4) is 0 Å². The van der Waals surface area contributed by atoms with Gasteiger partial charge in [0.15, 0.2) is 5.78 Å². The van der Waals surface area contributed by atoms with E-state index in [1.165, 1.54) is 12.5 Å². The van der Waals surface area contributed by atoms with Gasteiger partial charge in [-0.1, -0.05) is 37.3 Å². The van der Waals surface area contributed by atoms with Crippen LogP contribution in [0.4, 0.5) is 0 Å². The highest BCUT2D eigenvalue weighted by Gasteiger charge is 2.17. The Morgan fingerprint density at radius 3 is 2.53 bits per heavy atom. The monoisotopic (exact) mass is 200 g/mol. The van der Waals surface area contributed by atoms with Crippen molar-refractivity contribution in [1.29, 1.82) is 0 Å². The van der Waals surface area contributed by atoms with E-state index in [1.54, 1.807) is 6.07 Å². The van der Waals surface area contributed by atoms with Crippen LogP contribution in [0.15, 0.2) is 53.3 Å². The highest BCUT2D eigenvalue weighted by atomic mass is 16.3. The van der Waals surface area contributed by atoms with Crippen LogP contribution in [0.3, 0.4) is 0 Å². The molecule has 2 nitrogen and oxygen atoms in total. The fraction of sp³-hybridized carbons (Fsp3) is 0.154. The van der Waals surface area contributed by atoms with Crippen molar-refractivity contribution in [1.82, 2.24) is 0 Å². The predicted octanol–water partition coefficient (Wildman–Crippen LogP) is 3.27. The minimum Gasteiger partial charge on any atom is -0.472 e. The van der Waals surface area contributed by atoms with Crippen molar-refractivity contribution < 1.29 is 9.21 Å². The van der Waals surface area contributed by atoms with Crippen LogP contribution in [-0.2, 0) is 0 Å². The molecule has 0 radical (unpaired) electrons. The van der Waals surface area contributed by atoms with Crippen molar-refractivity contribution in [2.75, 3.05) is 0 Å². The SMILES string of the molecule is C[C@@H](C(=O)c1ccoc1)c1ccccc1. The number of furan rings is 1. The third-order valence-corrected chi connectivity index (χ3v) is 2.50. The second-order valence-corrected chi connectivity index (χ2v) is 3.51. The highest BCUT2D eigenvalue weighted by molar-refractivity contribution is 6.00. The molecule has 0 bridgehead atoms. The number of ketones is 1. The topological polar surface area (TPSA) is 30.2 Å². The number of carbonyl (C=O) groups is 1. The number of benzene rings is 1. The van der Waals surface area contributed by atoms with Crippen molar-refractivity contribution in [3.63, 3.8) is 0 Å². The lowest BCUT2D eigenvalue weighted by Crippen LogP contribution is -2.08. The predicted molar refractivity (Wildman–Crippen MR) is 57.9 cm³/mol. The van der Waals surface area contributed by atoms with Crippen molar-refractivity contribution in [2.24, 2.45) is 0 Å². The molecule has 0 saturated carbocycles. The van der Waals surface area contributed by atoms with Gasteiger partial charge in [-0.2, -0.15) is 0 Å². The lowest BCUT2D eigenvalue weighted by Gasteiger charge is -2.08. The molecule has 1 heterocycles. The summed E-state index contributed by atoms with van der Waals surface area (Å²) in [4.78, 5) is 11.9. The first kappa shape index (κ1) is 9.71. The first-order chi connectivity index (χ1) is 7.29. The van der Waals surface area contributed by atoms with Gasteiger partial charge in [0, 0.05) is 5.92 Å². The van der Waals surface area contributed by atoms with Gasteiger partial charge < -0.3 is 4.42 Å². The normalized spacial score (nSPS) is 12.3. The van der Waals surface area contributed by atoms with E-state index in [4.69, 9.17) is 4.42 Å². The number of Topliss-reactive ketones (excluding diaryl/α,β-unsaturated/α-hetero) is 1. The van der Waals surface area contributed by atoms with Crippen LogP contribution >= 0.6 is 0 Å². The van der Waals surface area contributed by atoms with Gasteiger partial charge in [-0.15, -0.1) is 0 Å². The molecule has 0 N–H and O–H groups in total. The molecule has 2 heteroatoms. The first-order valence-corrected chi connectivity index (χ1v) is 4.90. The standard InChI is InChI=1S/C13H12O2/c1-10(11-5-3-2-4-6-11)13(14)12-7-8-15-9-12/h2-10H,1H3/t10-/m1/s1. The van der Waals surface area contributed by atoms with Gasteiger partial charge in [0.1, 0.15) is 6.26 Å². The average molecular weight is 200 g/mol. The quantitative estimate of drug-likeness (QED) is 0.712. The van der Waals surface area contributed by atoms with E-state index in [0.29, 0.717) is 5.56 Å². The summed E-state index contributed by atoms with van der Waals surface area (Å²) < 4.78 is 4.90. The van der Waals surface area contributed by atoms with Crippen molar-refractivity contribution in [2.45, 2.75) is 12.8 Å². The molecule has 0 fully saturated rings. The summed E-state index contributed by atoms with van der Waals surface area (Å²) in [5, 5.41) is 0. The van der Waals surface area contributed by atoms with Crippen LogP contribution in [0.25, 0.3) is 0 Å². The molecule has 76 valence electrons. The fourth-order valence-corrected chi connectivity index (χ4v) is 1.55. The zero-order valence-electron chi connectivity index (χ0n) is 8.51. The molecular formula is C13H12O2. The Labute approximate surface area is 88.5 Å². The molecule has 1 aromatic heterocycles. The number of rotatable bonds is 3. The van der Waals surface area contributed by atoms with Gasteiger partial charge in [0.05, 0.1) is 11.8 Å². The molecular weight excluding hydrogens is 188 g/mol. The lowest BCUT2D eigenvalue weighted by molar-refractivity contribution is 0.0965. The average Bonchev–Trinajstić information content (AvgIpc) is 2.82. The lowest BCUT2D eigenvalue weighted by atomic mass is 9.94. The van der Waals surface area contributed by atoms with Crippen LogP contribution in [0.1, 0.15) is 28.8 Å². The minimum atomic E-state index is -0.121. The molecule has 0 aliphatic heterocycles. The van der Waals surface area contributed by atoms with E-state index in [0.717, 1.165) is 5.56 Å². The summed E-state index contributed by atoms with van der Waals surface area (Å²) in [6.07, 6.45) is 3.01. The Balaban J connectivity index is 2.23. The Morgan fingerprint density at radius 1 is 1.20 bits per heavy atom. The molecule has 0 saturated heterocycles. The summed E-state index contributed by atoms with van der Waals surface area (Å²) in [5.74, 6) is -0.0289. The van der Waals surface area contributed by atoms with E-state index in [2.05, 4.69) is 0 Å². The van der Waals surface area contributed by atoms with Crippen LogP contribution < -0.4 is 0 Å². The highest BCUT2D eigenvalue weighted by Crippen LogP contribution is 2.20. The third kappa shape index (κ3) is 1.99. The summed E-state index contributed by atoms with van der Waals surface area (Å²) >= 11 is 0. The Hall–Kier alpha value is -1.83. The maximum absolute atomic E-state index is 11.9. The zero-order valence-corrected chi connectivity index (χ0v) is 8.51. The molecule has 0 spiro atoms. The van der Waals surface area contributed by atoms with Crippen LogP contribution in [0.5, 0.6) is 0 Å². The molecule has 2 aromatic rings. The molecule has 0 unspecified atom stereocenters. The van der Waals surface area contributed by atoms with Crippen molar-refractivity contribution in [3.05, 3.63) is 60.1 Å². The maximum atomic E-state index is 11.9. The summed E-state index contributed by atoms with van der Waals surface area (Å²) in [6.45, 7) is 1.91. The number of carbonyl (C=O) groups excluding carboxylic acids is 1. The van der Waals surface area contributed by atoms with Crippen LogP contribution in [-0.4, -0.2) is 5.78 Å². The summed E-state index contributed by atoms with van der Waals surface area (Å²) in [6, 6.07) is 11.4. The van der Waals surface area contributed by atoms with E-state index in [9.17, 15) is 4.79 Å². The van der Waals surface area contributed by atoms with Crippen LogP contribution in [0, 0.1) is 0 Å².